The van der Waals surface area contributed by atoms with Crippen LogP contribution in [0.25, 0.3) is 0 Å². The Bertz CT molecular complexity index is 664. The van der Waals surface area contributed by atoms with Gasteiger partial charge in [-0.2, -0.15) is 0 Å². The molecule has 1 aromatic carbocycles. The number of carbonyl (C=O) groups excluding carboxylic acids is 1. The molecule has 5 nitrogen and oxygen atoms in total. The normalized spacial score (nSPS) is 15.5. The van der Waals surface area contributed by atoms with Gasteiger partial charge in [-0.1, -0.05) is 12.1 Å². The zero-order chi connectivity index (χ0) is 16.9. The molecule has 128 valence electrons. The molecule has 1 saturated carbocycles. The second kappa shape index (κ2) is 7.64. The third-order valence-electron chi connectivity index (χ3n) is 4.13. The predicted molar refractivity (Wildman–Crippen MR) is 90.1 cm³/mol. The van der Waals surface area contributed by atoms with E-state index in [2.05, 4.69) is 4.90 Å². The molecule has 1 heterocycles. The number of rotatable bonds is 9. The third kappa shape index (κ3) is 4.69. The van der Waals surface area contributed by atoms with Gasteiger partial charge in [-0.25, -0.2) is 0 Å². The Kier molecular flexibility index (Phi) is 5.33. The molecule has 1 aliphatic carbocycles. The molecule has 1 aliphatic rings. The zero-order valence-electron chi connectivity index (χ0n) is 13.9. The average Bonchev–Trinajstić information content (AvgIpc) is 3.30. The van der Waals surface area contributed by atoms with Crippen molar-refractivity contribution in [3.05, 3.63) is 54.0 Å². The molecule has 3 rings (SSSR count). The molecule has 0 saturated heterocycles. The Morgan fingerprint density at radius 2 is 2.21 bits per heavy atom. The maximum Gasteiger partial charge on any atom is 0.159 e. The highest BCUT2D eigenvalue weighted by atomic mass is 16.5. The third-order valence-corrected chi connectivity index (χ3v) is 4.13. The highest BCUT2D eigenvalue weighted by Gasteiger charge is 2.30. The lowest BCUT2D eigenvalue weighted by Gasteiger charge is -2.24. The summed E-state index contributed by atoms with van der Waals surface area (Å²) < 4.78 is 11.0. The van der Waals surface area contributed by atoms with Crippen molar-refractivity contribution in [3.8, 4) is 5.75 Å². The van der Waals surface area contributed by atoms with E-state index in [-0.39, 0.29) is 12.4 Å². The van der Waals surface area contributed by atoms with Crippen molar-refractivity contribution in [2.75, 3.05) is 13.2 Å². The minimum absolute atomic E-state index is 0.000597. The molecule has 0 spiro atoms. The van der Waals surface area contributed by atoms with E-state index in [9.17, 15) is 9.90 Å². The van der Waals surface area contributed by atoms with Gasteiger partial charge in [0.2, 0.25) is 0 Å². The molecule has 0 amide bonds. The number of ether oxygens (including phenoxy) is 1. The Balaban J connectivity index is 1.51. The van der Waals surface area contributed by atoms with Gasteiger partial charge in [0.1, 0.15) is 24.2 Å². The number of carbonyl (C=O) groups is 1. The first kappa shape index (κ1) is 16.7. The molecule has 5 heteroatoms. The molecule has 0 aliphatic heterocycles. The number of hydrogen-bond acceptors (Lipinski definition) is 5. The van der Waals surface area contributed by atoms with Gasteiger partial charge in [-0.05, 0) is 44.0 Å². The van der Waals surface area contributed by atoms with E-state index >= 15 is 0 Å². The summed E-state index contributed by atoms with van der Waals surface area (Å²) in [5, 5.41) is 10.3. The van der Waals surface area contributed by atoms with E-state index in [1.54, 1.807) is 30.5 Å². The summed E-state index contributed by atoms with van der Waals surface area (Å²) in [4.78, 5) is 13.6. The van der Waals surface area contributed by atoms with Crippen molar-refractivity contribution < 1.29 is 19.1 Å². The standard InChI is InChI=1S/C19H23NO4/c1-14(21)15-4-2-5-18(10-15)24-13-17(22)11-20(16-7-8-16)12-19-6-3-9-23-19/h2-6,9-10,16-17,22H,7-8,11-13H2,1H3/t17-/m0/s1. The van der Waals surface area contributed by atoms with Gasteiger partial charge in [-0.15, -0.1) is 0 Å². The van der Waals surface area contributed by atoms with E-state index in [1.807, 2.05) is 12.1 Å². The van der Waals surface area contributed by atoms with Crippen molar-refractivity contribution in [2.24, 2.45) is 0 Å². The lowest BCUT2D eigenvalue weighted by atomic mass is 10.1. The number of nitrogens with zero attached hydrogens (tertiary/aromatic N) is 1. The van der Waals surface area contributed by atoms with Crippen LogP contribution in [0.5, 0.6) is 5.75 Å². The molecule has 0 unspecified atom stereocenters. The second-order valence-corrected chi connectivity index (χ2v) is 6.29. The van der Waals surface area contributed by atoms with Gasteiger partial charge in [-0.3, -0.25) is 9.69 Å². The quantitative estimate of drug-likeness (QED) is 0.717. The van der Waals surface area contributed by atoms with E-state index in [4.69, 9.17) is 9.15 Å². The summed E-state index contributed by atoms with van der Waals surface area (Å²) >= 11 is 0. The summed E-state index contributed by atoms with van der Waals surface area (Å²) in [5.41, 5.74) is 0.611. The summed E-state index contributed by atoms with van der Waals surface area (Å²) in [6.45, 7) is 2.96. The number of benzene rings is 1. The van der Waals surface area contributed by atoms with Gasteiger partial charge in [0.25, 0.3) is 0 Å². The maximum absolute atomic E-state index is 11.4. The van der Waals surface area contributed by atoms with Gasteiger partial charge in [0.05, 0.1) is 12.8 Å². The van der Waals surface area contributed by atoms with Crippen molar-refractivity contribution in [2.45, 2.75) is 38.5 Å². The van der Waals surface area contributed by atoms with Crippen LogP contribution in [0, 0.1) is 0 Å². The summed E-state index contributed by atoms with van der Waals surface area (Å²) in [7, 11) is 0. The fourth-order valence-corrected chi connectivity index (χ4v) is 2.71. The maximum atomic E-state index is 11.4. The van der Waals surface area contributed by atoms with Crippen LogP contribution in [0.4, 0.5) is 0 Å². The predicted octanol–water partition coefficient (Wildman–Crippen LogP) is 2.89. The van der Waals surface area contributed by atoms with Crippen LogP contribution in [0.1, 0.15) is 35.9 Å². The number of furan rings is 1. The Morgan fingerprint density at radius 1 is 1.38 bits per heavy atom. The first-order chi connectivity index (χ1) is 11.6. The van der Waals surface area contributed by atoms with Gasteiger partial charge in [0, 0.05) is 18.2 Å². The van der Waals surface area contributed by atoms with E-state index in [1.165, 1.54) is 6.92 Å². The first-order valence-electron chi connectivity index (χ1n) is 8.30. The fourth-order valence-electron chi connectivity index (χ4n) is 2.71. The van der Waals surface area contributed by atoms with Gasteiger partial charge >= 0.3 is 0 Å². The largest absolute Gasteiger partial charge is 0.491 e. The van der Waals surface area contributed by atoms with Gasteiger partial charge in [0.15, 0.2) is 5.78 Å². The van der Waals surface area contributed by atoms with E-state index in [0.717, 1.165) is 18.6 Å². The smallest absolute Gasteiger partial charge is 0.159 e. The fraction of sp³-hybridized carbons (Fsp3) is 0.421. The summed E-state index contributed by atoms with van der Waals surface area (Å²) in [6, 6.07) is 11.4. The Labute approximate surface area is 141 Å². The van der Waals surface area contributed by atoms with Crippen LogP contribution in [-0.4, -0.2) is 41.1 Å². The molecule has 0 radical (unpaired) electrons. The zero-order valence-corrected chi connectivity index (χ0v) is 13.9. The topological polar surface area (TPSA) is 62.9 Å². The first-order valence-corrected chi connectivity index (χ1v) is 8.30. The van der Waals surface area contributed by atoms with Crippen LogP contribution in [0.15, 0.2) is 47.1 Å². The second-order valence-electron chi connectivity index (χ2n) is 6.29. The Hall–Kier alpha value is -2.11. The van der Waals surface area contributed by atoms with Gasteiger partial charge < -0.3 is 14.3 Å². The SMILES string of the molecule is CC(=O)c1cccc(OC[C@@H](O)CN(Cc2ccco2)C2CC2)c1. The molecule has 1 aromatic heterocycles. The van der Waals surface area contributed by atoms with Crippen LogP contribution in [0.3, 0.4) is 0 Å². The van der Waals surface area contributed by atoms with Crippen molar-refractivity contribution in [3.63, 3.8) is 0 Å². The van der Waals surface area contributed by atoms with Crippen molar-refractivity contribution in [1.82, 2.24) is 4.90 Å². The highest BCUT2D eigenvalue weighted by Crippen LogP contribution is 2.28. The average molecular weight is 329 g/mol. The molecule has 2 aromatic rings. The number of aliphatic hydroxyl groups excluding tert-OH is 1. The van der Waals surface area contributed by atoms with Crippen LogP contribution in [-0.2, 0) is 6.54 Å². The highest BCUT2D eigenvalue weighted by molar-refractivity contribution is 5.94. The number of ketones is 1. The lowest BCUT2D eigenvalue weighted by Crippen LogP contribution is -2.36. The van der Waals surface area contributed by atoms with Crippen molar-refractivity contribution in [1.29, 1.82) is 0 Å². The van der Waals surface area contributed by atoms with Crippen LogP contribution >= 0.6 is 0 Å². The molecule has 0 bridgehead atoms. The summed E-state index contributed by atoms with van der Waals surface area (Å²) in [6.07, 6.45) is 3.40. The molecule has 1 N–H and O–H groups in total. The van der Waals surface area contributed by atoms with Crippen molar-refractivity contribution >= 4 is 5.78 Å². The Morgan fingerprint density at radius 3 is 2.88 bits per heavy atom. The number of Topliss-reactive ketones (excluding diaryl/α,β-unsaturated/α-hetero) is 1. The van der Waals surface area contributed by atoms with E-state index < -0.39 is 6.10 Å². The minimum Gasteiger partial charge on any atom is -0.491 e. The molecular formula is C19H23NO4. The molecule has 24 heavy (non-hydrogen) atoms. The summed E-state index contributed by atoms with van der Waals surface area (Å²) in [5.74, 6) is 1.51. The molecule has 1 fully saturated rings. The lowest BCUT2D eigenvalue weighted by molar-refractivity contribution is 0.0602. The van der Waals surface area contributed by atoms with Crippen LogP contribution in [0.2, 0.25) is 0 Å². The van der Waals surface area contributed by atoms with Crippen LogP contribution < -0.4 is 4.74 Å². The molecular weight excluding hydrogens is 306 g/mol. The minimum atomic E-state index is -0.596. The number of aliphatic hydroxyl groups is 1. The monoisotopic (exact) mass is 329 g/mol. The number of hydrogen-bond donors (Lipinski definition) is 1. The molecule has 1 atom stereocenters. The van der Waals surface area contributed by atoms with E-state index in [0.29, 0.717) is 30.4 Å².